The first-order chi connectivity index (χ1) is 18.3. The molecule has 4 heterocycles. The summed E-state index contributed by atoms with van der Waals surface area (Å²) in [6.45, 7) is 3.73. The maximum Gasteiger partial charge on any atom is 0.303 e. The summed E-state index contributed by atoms with van der Waals surface area (Å²) in [5.41, 5.74) is 1.23. The van der Waals surface area contributed by atoms with Crippen molar-refractivity contribution in [1.82, 2.24) is 9.88 Å². The number of likely N-dealkylation sites (tertiary alicyclic amines) is 1. The van der Waals surface area contributed by atoms with Gasteiger partial charge in [-0.05, 0) is 56.2 Å². The van der Waals surface area contributed by atoms with Crippen LogP contribution in [-0.4, -0.2) is 57.3 Å². The quantitative estimate of drug-likeness (QED) is 0.505. The number of piperidine rings is 1. The van der Waals surface area contributed by atoms with Crippen molar-refractivity contribution in [2.24, 2.45) is 11.3 Å². The highest BCUT2D eigenvalue weighted by Gasteiger charge is 2.55. The van der Waals surface area contributed by atoms with Crippen LogP contribution >= 0.6 is 0 Å². The number of hydrogen-bond acceptors (Lipinski definition) is 6. The predicted molar refractivity (Wildman–Crippen MR) is 140 cm³/mol. The van der Waals surface area contributed by atoms with E-state index < -0.39 is 11.6 Å². The fourth-order valence-electron chi connectivity index (χ4n) is 6.62. The van der Waals surface area contributed by atoms with E-state index in [4.69, 9.17) is 9.47 Å². The van der Waals surface area contributed by atoms with Crippen LogP contribution in [0.2, 0.25) is 0 Å². The van der Waals surface area contributed by atoms with Crippen LogP contribution in [0.3, 0.4) is 0 Å². The molecule has 0 bridgehead atoms. The molecule has 2 fully saturated rings. The van der Waals surface area contributed by atoms with E-state index in [2.05, 4.69) is 4.98 Å². The SMILES string of the molecule is C[C@@]1(CCC(=O)O)Oc2c(O)cccc2[C@@H]2OCC3(CCN(C(=O)c4cccc5cccnc45)CC3)C[C@H]21. The lowest BCUT2D eigenvalue weighted by Gasteiger charge is -2.55. The third-order valence-corrected chi connectivity index (χ3v) is 8.85. The van der Waals surface area contributed by atoms with Gasteiger partial charge in [-0.2, -0.15) is 0 Å². The molecule has 3 aliphatic heterocycles. The van der Waals surface area contributed by atoms with E-state index in [-0.39, 0.29) is 35.5 Å². The second-order valence-electron chi connectivity index (χ2n) is 11.2. The zero-order chi connectivity index (χ0) is 26.5. The highest BCUT2D eigenvalue weighted by molar-refractivity contribution is 6.05. The Balaban J connectivity index is 1.23. The molecular formula is C30H32N2O6. The van der Waals surface area contributed by atoms with E-state index in [1.165, 1.54) is 0 Å². The number of para-hydroxylation sites is 2. The second-order valence-corrected chi connectivity index (χ2v) is 11.2. The van der Waals surface area contributed by atoms with Gasteiger partial charge in [-0.15, -0.1) is 0 Å². The first kappa shape index (κ1) is 24.7. The first-order valence-corrected chi connectivity index (χ1v) is 13.3. The van der Waals surface area contributed by atoms with Crippen LogP contribution in [0.15, 0.2) is 54.7 Å². The average Bonchev–Trinajstić information content (AvgIpc) is 2.93. The molecule has 1 amide bonds. The molecule has 3 atom stereocenters. The number of aromatic nitrogens is 1. The molecule has 1 spiro atoms. The number of carbonyl (C=O) groups excluding carboxylic acids is 1. The summed E-state index contributed by atoms with van der Waals surface area (Å²) >= 11 is 0. The summed E-state index contributed by atoms with van der Waals surface area (Å²) in [5, 5.41) is 20.9. The molecule has 2 saturated heterocycles. The number of pyridine rings is 1. The van der Waals surface area contributed by atoms with Crippen LogP contribution in [0.1, 0.15) is 61.1 Å². The third-order valence-electron chi connectivity index (χ3n) is 8.85. The van der Waals surface area contributed by atoms with Gasteiger partial charge in [-0.1, -0.05) is 30.3 Å². The number of fused-ring (bicyclic) bond motifs is 4. The van der Waals surface area contributed by atoms with Crippen LogP contribution < -0.4 is 4.74 Å². The molecule has 8 heteroatoms. The van der Waals surface area contributed by atoms with Gasteiger partial charge in [0.1, 0.15) is 5.60 Å². The van der Waals surface area contributed by atoms with Gasteiger partial charge in [0.25, 0.3) is 5.91 Å². The van der Waals surface area contributed by atoms with Crippen molar-refractivity contribution in [2.45, 2.75) is 50.7 Å². The number of hydrogen-bond donors (Lipinski definition) is 2. The molecule has 2 N–H and O–H groups in total. The highest BCUT2D eigenvalue weighted by Crippen LogP contribution is 2.58. The van der Waals surface area contributed by atoms with E-state index in [1.54, 1.807) is 18.3 Å². The van der Waals surface area contributed by atoms with Crippen molar-refractivity contribution in [2.75, 3.05) is 19.7 Å². The Labute approximate surface area is 221 Å². The van der Waals surface area contributed by atoms with Gasteiger partial charge in [0, 0.05) is 42.6 Å². The minimum absolute atomic E-state index is 0.00421. The lowest BCUT2D eigenvalue weighted by Crippen LogP contribution is -2.56. The van der Waals surface area contributed by atoms with Crippen molar-refractivity contribution in [3.8, 4) is 11.5 Å². The first-order valence-electron chi connectivity index (χ1n) is 13.3. The van der Waals surface area contributed by atoms with Crippen LogP contribution in [0.25, 0.3) is 10.9 Å². The largest absolute Gasteiger partial charge is 0.504 e. The zero-order valence-corrected chi connectivity index (χ0v) is 21.4. The number of nitrogens with zero attached hydrogens (tertiary/aromatic N) is 2. The Morgan fingerprint density at radius 1 is 1.11 bits per heavy atom. The summed E-state index contributed by atoms with van der Waals surface area (Å²) in [6, 6.07) is 14.8. The predicted octanol–water partition coefficient (Wildman–Crippen LogP) is 4.96. The Morgan fingerprint density at radius 3 is 2.66 bits per heavy atom. The molecule has 1 aromatic heterocycles. The summed E-state index contributed by atoms with van der Waals surface area (Å²) in [7, 11) is 0. The van der Waals surface area contributed by atoms with Crippen LogP contribution in [0.5, 0.6) is 11.5 Å². The number of carbonyl (C=O) groups is 2. The van der Waals surface area contributed by atoms with Crippen molar-refractivity contribution >= 4 is 22.8 Å². The average molecular weight is 517 g/mol. The van der Waals surface area contributed by atoms with Crippen molar-refractivity contribution < 1.29 is 29.3 Å². The second kappa shape index (κ2) is 9.27. The summed E-state index contributed by atoms with van der Waals surface area (Å²) in [5.74, 6) is -0.525. The molecule has 198 valence electrons. The van der Waals surface area contributed by atoms with E-state index in [0.29, 0.717) is 37.4 Å². The van der Waals surface area contributed by atoms with Gasteiger partial charge in [0.15, 0.2) is 11.5 Å². The number of amides is 1. The molecule has 0 saturated carbocycles. The Bertz CT molecular complexity index is 1390. The highest BCUT2D eigenvalue weighted by atomic mass is 16.5. The monoisotopic (exact) mass is 516 g/mol. The van der Waals surface area contributed by atoms with Gasteiger partial charge in [0.05, 0.1) is 23.8 Å². The van der Waals surface area contributed by atoms with Crippen molar-refractivity contribution in [3.05, 3.63) is 65.9 Å². The lowest BCUT2D eigenvalue weighted by atomic mass is 9.63. The molecule has 6 rings (SSSR count). The van der Waals surface area contributed by atoms with Crippen LogP contribution in [0.4, 0.5) is 0 Å². The molecule has 2 aromatic carbocycles. The lowest BCUT2D eigenvalue weighted by molar-refractivity contribution is -0.181. The number of rotatable bonds is 4. The molecule has 0 radical (unpaired) electrons. The smallest absolute Gasteiger partial charge is 0.303 e. The minimum Gasteiger partial charge on any atom is -0.504 e. The minimum atomic E-state index is -0.879. The molecular weight excluding hydrogens is 484 g/mol. The normalized spacial score (nSPS) is 25.9. The van der Waals surface area contributed by atoms with Crippen LogP contribution in [-0.2, 0) is 9.53 Å². The fraction of sp³-hybridized carbons (Fsp3) is 0.433. The number of phenolic OH excluding ortho intramolecular Hbond substituents is 1. The molecule has 0 unspecified atom stereocenters. The van der Waals surface area contributed by atoms with Crippen molar-refractivity contribution in [1.29, 1.82) is 0 Å². The number of phenols is 1. The standard InChI is InChI=1S/C30H32N2O6/c1-29(11-10-24(34)35)22-17-30(18-37-26(22)21-8-3-9-23(33)27(21)38-29)12-15-32(16-13-30)28(36)20-7-2-5-19-6-4-14-31-25(19)20/h2-9,14,22,26,33H,10-13,15-18H2,1H3,(H,34,35)/t22-,26+,29+/m1/s1. The molecule has 8 nitrogen and oxygen atoms in total. The molecule has 3 aliphatic rings. The van der Waals surface area contributed by atoms with Gasteiger partial charge < -0.3 is 24.6 Å². The summed E-state index contributed by atoms with van der Waals surface area (Å²) < 4.78 is 12.9. The Kier molecular flexibility index (Phi) is 6.02. The van der Waals surface area contributed by atoms with Gasteiger partial charge in [-0.3, -0.25) is 14.6 Å². The number of aliphatic carboxylic acids is 1. The number of carboxylic acids is 1. The molecule has 38 heavy (non-hydrogen) atoms. The van der Waals surface area contributed by atoms with Crippen LogP contribution in [0, 0.1) is 11.3 Å². The summed E-state index contributed by atoms with van der Waals surface area (Å²) in [6.07, 6.45) is 4.11. The van der Waals surface area contributed by atoms with E-state index >= 15 is 0 Å². The Morgan fingerprint density at radius 2 is 1.87 bits per heavy atom. The number of benzene rings is 2. The topological polar surface area (TPSA) is 109 Å². The Hall–Kier alpha value is -3.65. The molecule has 3 aromatic rings. The zero-order valence-electron chi connectivity index (χ0n) is 21.4. The number of aromatic hydroxyl groups is 1. The van der Waals surface area contributed by atoms with Gasteiger partial charge in [0.2, 0.25) is 0 Å². The van der Waals surface area contributed by atoms with Gasteiger partial charge in [-0.25, -0.2) is 0 Å². The molecule has 0 aliphatic carbocycles. The maximum atomic E-state index is 13.5. The van der Waals surface area contributed by atoms with E-state index in [1.807, 2.05) is 48.2 Å². The van der Waals surface area contributed by atoms with E-state index in [9.17, 15) is 19.8 Å². The maximum absolute atomic E-state index is 13.5. The number of ether oxygens (including phenoxy) is 2. The van der Waals surface area contributed by atoms with Gasteiger partial charge >= 0.3 is 5.97 Å². The van der Waals surface area contributed by atoms with E-state index in [0.717, 1.165) is 35.7 Å². The third kappa shape index (κ3) is 4.17. The van der Waals surface area contributed by atoms with Crippen molar-refractivity contribution in [3.63, 3.8) is 0 Å². The summed E-state index contributed by atoms with van der Waals surface area (Å²) in [4.78, 5) is 31.3. The fourth-order valence-corrected chi connectivity index (χ4v) is 6.62. The number of carboxylic acid groups (broad SMARTS) is 1.